The van der Waals surface area contributed by atoms with Gasteiger partial charge >= 0.3 is 0 Å². The van der Waals surface area contributed by atoms with Crippen molar-refractivity contribution in [1.29, 1.82) is 0 Å². The zero-order valence-electron chi connectivity index (χ0n) is 26.6. The minimum Gasteiger partial charge on any atom is -0.0620 e. The van der Waals surface area contributed by atoms with Crippen LogP contribution in [-0.2, 0) is 0 Å². The first kappa shape index (κ1) is 25.1. The van der Waals surface area contributed by atoms with Gasteiger partial charge in [0, 0.05) is 35.5 Å². The van der Waals surface area contributed by atoms with Crippen LogP contribution in [0.1, 0.15) is 102 Å². The monoisotopic (exact) mass is 610 g/mol. The molecule has 0 aromatic heterocycles. The molecule has 0 fully saturated rings. The fourth-order valence-corrected chi connectivity index (χ4v) is 13.3. The van der Waals surface area contributed by atoms with Crippen molar-refractivity contribution in [2.45, 2.75) is 35.5 Å². The van der Waals surface area contributed by atoms with Crippen molar-refractivity contribution in [2.75, 3.05) is 0 Å². The van der Waals surface area contributed by atoms with Gasteiger partial charge in [0.2, 0.25) is 0 Å². The summed E-state index contributed by atoms with van der Waals surface area (Å²) in [5, 5.41) is 0. The SMILES string of the molecule is c1ccc2c(c1)C1C3=C4C5c6ccccc6C(c6ccccc65)[C@H]4[C@@H]4C5c6ccccc6C(c6ccccc65)[C@H]4[C@H]3C2c2ccccc21. The van der Waals surface area contributed by atoms with Crippen LogP contribution >= 0.6 is 0 Å². The number of allylic oxidation sites excluding steroid dienone is 2. The number of benzene rings is 6. The summed E-state index contributed by atoms with van der Waals surface area (Å²) < 4.78 is 0. The molecule has 0 spiro atoms. The molecule has 226 valence electrons. The largest absolute Gasteiger partial charge is 0.0620 e. The second-order valence-corrected chi connectivity index (χ2v) is 15.7. The van der Waals surface area contributed by atoms with E-state index in [1.807, 2.05) is 11.1 Å². The summed E-state index contributed by atoms with van der Waals surface area (Å²) in [6.07, 6.45) is 0. The highest BCUT2D eigenvalue weighted by Crippen LogP contribution is 2.77. The molecule has 10 aliphatic rings. The van der Waals surface area contributed by atoms with Crippen molar-refractivity contribution in [3.05, 3.63) is 224 Å². The Balaban J connectivity index is 1.22. The molecule has 0 heterocycles. The molecule has 16 rings (SSSR count). The third kappa shape index (κ3) is 2.67. The molecule has 6 bridgehead atoms. The highest BCUT2D eigenvalue weighted by Gasteiger charge is 2.66. The van der Waals surface area contributed by atoms with Crippen LogP contribution in [0.4, 0.5) is 0 Å². The second-order valence-electron chi connectivity index (χ2n) is 15.7. The smallest absolute Gasteiger partial charge is 0.0311 e. The number of hydrogen-bond donors (Lipinski definition) is 0. The van der Waals surface area contributed by atoms with Gasteiger partial charge in [-0.15, -0.1) is 0 Å². The van der Waals surface area contributed by atoms with E-state index in [0.29, 0.717) is 59.2 Å². The second kappa shape index (κ2) is 8.55. The van der Waals surface area contributed by atoms with E-state index in [1.54, 1.807) is 66.8 Å². The lowest BCUT2D eigenvalue weighted by Crippen LogP contribution is -2.57. The maximum atomic E-state index is 2.50. The molecule has 4 atom stereocenters. The van der Waals surface area contributed by atoms with Crippen LogP contribution in [0.3, 0.4) is 0 Å². The molecule has 0 heteroatoms. The van der Waals surface area contributed by atoms with Crippen molar-refractivity contribution >= 4 is 0 Å². The molecular formula is C48H34. The predicted octanol–water partition coefficient (Wildman–Crippen LogP) is 10.6. The first-order chi connectivity index (χ1) is 23.9. The Bertz CT molecular complexity index is 2130. The van der Waals surface area contributed by atoms with E-state index < -0.39 is 0 Å². The summed E-state index contributed by atoms with van der Waals surface area (Å²) >= 11 is 0. The van der Waals surface area contributed by atoms with Crippen molar-refractivity contribution in [3.63, 3.8) is 0 Å². The molecule has 0 radical (unpaired) electrons. The van der Waals surface area contributed by atoms with Crippen molar-refractivity contribution in [3.8, 4) is 0 Å². The van der Waals surface area contributed by atoms with Gasteiger partial charge in [-0.25, -0.2) is 0 Å². The zero-order valence-corrected chi connectivity index (χ0v) is 26.6. The summed E-state index contributed by atoms with van der Waals surface area (Å²) in [5.74, 6) is 4.36. The normalized spacial score (nSPS) is 32.5. The first-order valence-corrected chi connectivity index (χ1v) is 18.2. The van der Waals surface area contributed by atoms with Crippen molar-refractivity contribution < 1.29 is 0 Å². The van der Waals surface area contributed by atoms with Crippen LogP contribution in [0.15, 0.2) is 157 Å². The molecule has 48 heavy (non-hydrogen) atoms. The zero-order chi connectivity index (χ0) is 30.8. The average molecular weight is 611 g/mol. The van der Waals surface area contributed by atoms with Gasteiger partial charge in [0.1, 0.15) is 0 Å². The van der Waals surface area contributed by atoms with Gasteiger partial charge in [-0.1, -0.05) is 157 Å². The molecule has 10 aliphatic carbocycles. The highest BCUT2D eigenvalue weighted by molar-refractivity contribution is 5.72. The standard InChI is InChI=1S/C48H34/c1-2-14-26-25(13-1)37-27-15-3-4-16-28(27)38(26)44-43(37)45-39-29-17-5-7-19-31(29)41(32-20-8-6-18-30(32)39)47(45)48-42-35-23-11-9-21-33(35)40(46(44)48)34-22-10-12-24-36(34)42/h1-24,37-46H/t37?,38?,39?,40?,41?,42?,43-,44-,45-,46+/m1/s1. The highest BCUT2D eigenvalue weighted by atomic mass is 14.7. The Kier molecular flexibility index (Phi) is 4.48. The van der Waals surface area contributed by atoms with Crippen LogP contribution in [0.2, 0.25) is 0 Å². The van der Waals surface area contributed by atoms with Crippen LogP contribution < -0.4 is 0 Å². The van der Waals surface area contributed by atoms with Gasteiger partial charge in [0.15, 0.2) is 0 Å². The quantitative estimate of drug-likeness (QED) is 0.150. The van der Waals surface area contributed by atoms with E-state index in [9.17, 15) is 0 Å². The van der Waals surface area contributed by atoms with E-state index >= 15 is 0 Å². The van der Waals surface area contributed by atoms with Gasteiger partial charge in [0.05, 0.1) is 0 Å². The minimum atomic E-state index is 0.329. The van der Waals surface area contributed by atoms with E-state index in [0.717, 1.165) is 0 Å². The van der Waals surface area contributed by atoms with Crippen molar-refractivity contribution in [1.82, 2.24) is 0 Å². The number of hydrogen-bond acceptors (Lipinski definition) is 0. The first-order valence-electron chi connectivity index (χ1n) is 18.2. The lowest BCUT2D eigenvalue weighted by Gasteiger charge is -2.67. The maximum Gasteiger partial charge on any atom is 0.0311 e. The van der Waals surface area contributed by atoms with E-state index in [-0.39, 0.29) is 0 Å². The lowest BCUT2D eigenvalue weighted by molar-refractivity contribution is 0.0741. The summed E-state index contributed by atoms with van der Waals surface area (Å²) in [5.41, 5.74) is 22.7. The summed E-state index contributed by atoms with van der Waals surface area (Å²) in [6.45, 7) is 0. The van der Waals surface area contributed by atoms with Crippen LogP contribution in [0.5, 0.6) is 0 Å². The fourth-order valence-electron chi connectivity index (χ4n) is 13.3. The van der Waals surface area contributed by atoms with E-state index in [2.05, 4.69) is 146 Å². The molecule has 6 aromatic carbocycles. The van der Waals surface area contributed by atoms with Gasteiger partial charge in [0.25, 0.3) is 0 Å². The molecule has 0 saturated carbocycles. The van der Waals surface area contributed by atoms with Crippen LogP contribution in [0.25, 0.3) is 0 Å². The molecule has 0 N–H and O–H groups in total. The molecular weight excluding hydrogens is 577 g/mol. The van der Waals surface area contributed by atoms with E-state index in [1.165, 1.54) is 0 Å². The van der Waals surface area contributed by atoms with Crippen molar-refractivity contribution in [2.24, 2.45) is 23.7 Å². The third-order valence-electron chi connectivity index (χ3n) is 14.3. The lowest BCUT2D eigenvalue weighted by atomic mass is 9.36. The molecule has 0 saturated heterocycles. The molecule has 0 nitrogen and oxygen atoms in total. The molecule has 0 unspecified atom stereocenters. The fraction of sp³-hybridized carbons (Fsp3) is 0.208. The van der Waals surface area contributed by atoms with Crippen LogP contribution in [-0.4, -0.2) is 0 Å². The minimum absolute atomic E-state index is 0.329. The van der Waals surface area contributed by atoms with Crippen LogP contribution in [0, 0.1) is 23.7 Å². The maximum absolute atomic E-state index is 2.50. The van der Waals surface area contributed by atoms with E-state index in [4.69, 9.17) is 0 Å². The van der Waals surface area contributed by atoms with Gasteiger partial charge in [-0.3, -0.25) is 0 Å². The van der Waals surface area contributed by atoms with Gasteiger partial charge < -0.3 is 0 Å². The third-order valence-corrected chi connectivity index (χ3v) is 14.3. The topological polar surface area (TPSA) is 0 Å². The van der Waals surface area contributed by atoms with Gasteiger partial charge in [-0.2, -0.15) is 0 Å². The Labute approximate surface area is 281 Å². The molecule has 0 aliphatic heterocycles. The summed E-state index contributed by atoms with van der Waals surface area (Å²) in [7, 11) is 0. The summed E-state index contributed by atoms with van der Waals surface area (Å²) in [6, 6.07) is 57.6. The van der Waals surface area contributed by atoms with Gasteiger partial charge in [-0.05, 0) is 90.4 Å². The Morgan fingerprint density at radius 3 is 0.688 bits per heavy atom. The predicted molar refractivity (Wildman–Crippen MR) is 191 cm³/mol. The number of rotatable bonds is 0. The Hall–Kier alpha value is -4.94. The summed E-state index contributed by atoms with van der Waals surface area (Å²) in [4.78, 5) is 0. The Morgan fingerprint density at radius 1 is 0.229 bits per heavy atom. The Morgan fingerprint density at radius 2 is 0.438 bits per heavy atom. The molecule has 0 amide bonds. The average Bonchev–Trinajstić information content (AvgIpc) is 3.17. The molecule has 6 aromatic rings.